The molecule has 0 radical (unpaired) electrons. The molecule has 0 aliphatic carbocycles. The van der Waals surface area contributed by atoms with Gasteiger partial charge >= 0.3 is 5.63 Å². The molecule has 27 heavy (non-hydrogen) atoms. The molecule has 0 N–H and O–H groups in total. The topological polar surface area (TPSA) is 91.3 Å². The smallest absolute Gasteiger partial charge is 0.336 e. The van der Waals surface area contributed by atoms with Gasteiger partial charge in [0, 0.05) is 28.7 Å². The lowest BCUT2D eigenvalue weighted by Gasteiger charge is -2.05. The standard InChI is InChI=1S/C18H15N3O4S2/c1-10-19-12(9-26-10)6-16-20-21-18(25-16)27-8-11-5-17(22)24-15-7-13(23-2)3-4-14(11)15/h3-5,7,9H,6,8H2,1-2H3. The molecule has 4 aromatic rings. The van der Waals surface area contributed by atoms with E-state index in [0.717, 1.165) is 21.7 Å². The zero-order chi connectivity index (χ0) is 18.8. The van der Waals surface area contributed by atoms with Crippen molar-refractivity contribution >= 4 is 34.1 Å². The van der Waals surface area contributed by atoms with E-state index in [9.17, 15) is 4.79 Å². The Hall–Kier alpha value is -2.65. The van der Waals surface area contributed by atoms with Gasteiger partial charge in [-0.1, -0.05) is 11.8 Å². The van der Waals surface area contributed by atoms with Gasteiger partial charge in [0.1, 0.15) is 11.3 Å². The molecule has 0 unspecified atom stereocenters. The van der Waals surface area contributed by atoms with Crippen LogP contribution in [0.4, 0.5) is 0 Å². The quantitative estimate of drug-likeness (QED) is 0.356. The van der Waals surface area contributed by atoms with Crippen molar-refractivity contribution in [1.29, 1.82) is 0 Å². The van der Waals surface area contributed by atoms with Crippen LogP contribution < -0.4 is 10.4 Å². The van der Waals surface area contributed by atoms with Crippen LogP contribution in [0.25, 0.3) is 11.0 Å². The largest absolute Gasteiger partial charge is 0.497 e. The summed E-state index contributed by atoms with van der Waals surface area (Å²) < 4.78 is 16.1. The molecule has 138 valence electrons. The number of methoxy groups -OCH3 is 1. The Morgan fingerprint density at radius 2 is 2.11 bits per heavy atom. The molecule has 4 rings (SSSR count). The maximum absolute atomic E-state index is 11.9. The van der Waals surface area contributed by atoms with Crippen LogP contribution in [0.5, 0.6) is 5.75 Å². The van der Waals surface area contributed by atoms with Gasteiger partial charge in [0.25, 0.3) is 5.22 Å². The van der Waals surface area contributed by atoms with Crippen LogP contribution in [-0.4, -0.2) is 22.3 Å². The lowest BCUT2D eigenvalue weighted by atomic mass is 10.1. The van der Waals surface area contributed by atoms with Crippen molar-refractivity contribution in [3.8, 4) is 5.75 Å². The highest BCUT2D eigenvalue weighted by molar-refractivity contribution is 7.98. The Morgan fingerprint density at radius 1 is 1.22 bits per heavy atom. The maximum atomic E-state index is 11.9. The minimum Gasteiger partial charge on any atom is -0.497 e. The number of thioether (sulfide) groups is 1. The third-order valence-corrected chi connectivity index (χ3v) is 5.53. The third kappa shape index (κ3) is 4.04. The van der Waals surface area contributed by atoms with Crippen molar-refractivity contribution in [2.75, 3.05) is 7.11 Å². The van der Waals surface area contributed by atoms with Crippen molar-refractivity contribution in [2.24, 2.45) is 0 Å². The summed E-state index contributed by atoms with van der Waals surface area (Å²) in [5, 5.41) is 12.4. The third-order valence-electron chi connectivity index (χ3n) is 3.84. The van der Waals surface area contributed by atoms with Crippen LogP contribution in [0.15, 0.2) is 48.5 Å². The van der Waals surface area contributed by atoms with Gasteiger partial charge in [-0.2, -0.15) is 0 Å². The Bertz CT molecular complexity index is 1150. The molecular weight excluding hydrogens is 386 g/mol. The number of thiazole rings is 1. The molecule has 3 heterocycles. The molecule has 0 spiro atoms. The molecule has 0 bridgehead atoms. The SMILES string of the molecule is COc1ccc2c(CSc3nnc(Cc4csc(C)n4)o3)cc(=O)oc2c1. The fourth-order valence-electron chi connectivity index (χ4n) is 2.61. The highest BCUT2D eigenvalue weighted by Gasteiger charge is 2.12. The van der Waals surface area contributed by atoms with Crippen LogP contribution in [0.2, 0.25) is 0 Å². The number of fused-ring (bicyclic) bond motifs is 1. The monoisotopic (exact) mass is 401 g/mol. The Kier molecular flexibility index (Phi) is 4.95. The summed E-state index contributed by atoms with van der Waals surface area (Å²) >= 11 is 2.96. The molecule has 0 aliphatic rings. The first-order chi connectivity index (χ1) is 13.1. The summed E-state index contributed by atoms with van der Waals surface area (Å²) in [6, 6.07) is 6.89. The van der Waals surface area contributed by atoms with Gasteiger partial charge in [0.15, 0.2) is 0 Å². The lowest BCUT2D eigenvalue weighted by molar-refractivity contribution is 0.414. The Labute approximate surface area is 162 Å². The number of aryl methyl sites for hydroxylation is 1. The number of hydrogen-bond donors (Lipinski definition) is 0. The zero-order valence-corrected chi connectivity index (χ0v) is 16.2. The molecule has 0 saturated carbocycles. The first-order valence-electron chi connectivity index (χ1n) is 8.07. The van der Waals surface area contributed by atoms with E-state index in [2.05, 4.69) is 15.2 Å². The Balaban J connectivity index is 1.51. The summed E-state index contributed by atoms with van der Waals surface area (Å²) in [4.78, 5) is 16.2. The maximum Gasteiger partial charge on any atom is 0.336 e. The van der Waals surface area contributed by atoms with E-state index in [4.69, 9.17) is 13.6 Å². The molecule has 0 saturated heterocycles. The van der Waals surface area contributed by atoms with Gasteiger partial charge in [-0.05, 0) is 24.6 Å². The van der Waals surface area contributed by atoms with E-state index in [-0.39, 0.29) is 0 Å². The molecule has 9 heteroatoms. The number of aromatic nitrogens is 3. The van der Waals surface area contributed by atoms with Crippen LogP contribution in [0.1, 0.15) is 22.2 Å². The molecule has 0 aliphatic heterocycles. The first-order valence-corrected chi connectivity index (χ1v) is 9.94. The van der Waals surface area contributed by atoms with E-state index < -0.39 is 5.63 Å². The van der Waals surface area contributed by atoms with Gasteiger partial charge in [0.2, 0.25) is 5.89 Å². The van der Waals surface area contributed by atoms with Gasteiger partial charge < -0.3 is 13.6 Å². The number of nitrogens with zero attached hydrogens (tertiary/aromatic N) is 3. The Morgan fingerprint density at radius 3 is 2.89 bits per heavy atom. The summed E-state index contributed by atoms with van der Waals surface area (Å²) in [7, 11) is 1.57. The fraction of sp³-hybridized carbons (Fsp3) is 0.222. The van der Waals surface area contributed by atoms with Crippen LogP contribution >= 0.6 is 23.1 Å². The van der Waals surface area contributed by atoms with E-state index >= 15 is 0 Å². The number of benzene rings is 1. The van der Waals surface area contributed by atoms with Crippen LogP contribution in [-0.2, 0) is 12.2 Å². The van der Waals surface area contributed by atoms with Gasteiger partial charge in [0.05, 0.1) is 24.2 Å². The molecule has 3 aromatic heterocycles. The number of ether oxygens (including phenoxy) is 1. The average Bonchev–Trinajstić information content (AvgIpc) is 3.28. The summed E-state index contributed by atoms with van der Waals surface area (Å²) in [5.74, 6) is 1.66. The second-order valence-electron chi connectivity index (χ2n) is 5.74. The van der Waals surface area contributed by atoms with Crippen molar-refractivity contribution in [1.82, 2.24) is 15.2 Å². The predicted octanol–water partition coefficient (Wildman–Crippen LogP) is 3.83. The van der Waals surface area contributed by atoms with Gasteiger partial charge in [-0.15, -0.1) is 21.5 Å². The van der Waals surface area contributed by atoms with E-state index in [1.54, 1.807) is 24.5 Å². The lowest BCUT2D eigenvalue weighted by Crippen LogP contribution is -2.00. The minimum absolute atomic E-state index is 0.406. The van der Waals surface area contributed by atoms with Crippen molar-refractivity contribution in [3.05, 3.63) is 62.2 Å². The van der Waals surface area contributed by atoms with Crippen LogP contribution in [0, 0.1) is 6.92 Å². The second kappa shape index (κ2) is 7.53. The molecule has 1 aromatic carbocycles. The summed E-state index contributed by atoms with van der Waals surface area (Å²) in [5.41, 5.74) is 1.83. The van der Waals surface area contributed by atoms with Gasteiger partial charge in [-0.25, -0.2) is 9.78 Å². The normalized spacial score (nSPS) is 11.2. The molecule has 7 nitrogen and oxygen atoms in total. The van der Waals surface area contributed by atoms with E-state index in [1.807, 2.05) is 24.4 Å². The van der Waals surface area contributed by atoms with E-state index in [1.165, 1.54) is 17.8 Å². The van der Waals surface area contributed by atoms with Gasteiger partial charge in [-0.3, -0.25) is 0 Å². The summed E-state index contributed by atoms with van der Waals surface area (Å²) in [6.45, 7) is 1.96. The highest BCUT2D eigenvalue weighted by Crippen LogP contribution is 2.28. The highest BCUT2D eigenvalue weighted by atomic mass is 32.2. The predicted molar refractivity (Wildman–Crippen MR) is 103 cm³/mol. The second-order valence-corrected chi connectivity index (χ2v) is 7.73. The number of hydrogen-bond acceptors (Lipinski definition) is 9. The average molecular weight is 401 g/mol. The molecule has 0 amide bonds. The van der Waals surface area contributed by atoms with Crippen molar-refractivity contribution in [3.63, 3.8) is 0 Å². The molecule has 0 fully saturated rings. The van der Waals surface area contributed by atoms with E-state index in [0.29, 0.717) is 34.6 Å². The van der Waals surface area contributed by atoms with Crippen molar-refractivity contribution < 1.29 is 13.6 Å². The first kappa shape index (κ1) is 17.7. The molecular formula is C18H15N3O4S2. The fourth-order valence-corrected chi connectivity index (χ4v) is 3.99. The molecule has 0 atom stereocenters. The van der Waals surface area contributed by atoms with Crippen molar-refractivity contribution in [2.45, 2.75) is 24.3 Å². The zero-order valence-electron chi connectivity index (χ0n) is 14.6. The number of rotatable bonds is 6. The summed E-state index contributed by atoms with van der Waals surface area (Å²) in [6.07, 6.45) is 0.509. The van der Waals surface area contributed by atoms with Crippen LogP contribution in [0.3, 0.4) is 0 Å². The minimum atomic E-state index is -0.406.